The fourth-order valence-electron chi connectivity index (χ4n) is 2.14. The summed E-state index contributed by atoms with van der Waals surface area (Å²) in [7, 11) is 0. The molecule has 1 aromatic rings. The van der Waals surface area contributed by atoms with Crippen LogP contribution in [0.5, 0.6) is 5.75 Å². The SMILES string of the molecule is Fc1[c]c(OCC2CCCCC2)c(F)c(F)c1. The molecule has 1 nitrogen and oxygen atoms in total. The molecular weight excluding hydrogens is 229 g/mol. The lowest BCUT2D eigenvalue weighted by molar-refractivity contribution is 0.199. The molecule has 0 aliphatic heterocycles. The molecule has 0 aromatic heterocycles. The first-order chi connectivity index (χ1) is 8.16. The van der Waals surface area contributed by atoms with Crippen molar-refractivity contribution >= 4 is 0 Å². The molecule has 2 rings (SSSR count). The largest absolute Gasteiger partial charge is 0.489 e. The van der Waals surface area contributed by atoms with E-state index in [9.17, 15) is 13.2 Å². The summed E-state index contributed by atoms with van der Waals surface area (Å²) in [6.45, 7) is 0.302. The van der Waals surface area contributed by atoms with Crippen molar-refractivity contribution in [3.63, 3.8) is 0 Å². The summed E-state index contributed by atoms with van der Waals surface area (Å²) in [6.07, 6.45) is 5.54. The van der Waals surface area contributed by atoms with E-state index in [-0.39, 0.29) is 0 Å². The summed E-state index contributed by atoms with van der Waals surface area (Å²) in [5.74, 6) is -3.44. The first-order valence-corrected chi connectivity index (χ1v) is 5.86. The molecule has 0 heterocycles. The topological polar surface area (TPSA) is 9.23 Å². The maximum atomic E-state index is 13.2. The first-order valence-electron chi connectivity index (χ1n) is 5.86. The van der Waals surface area contributed by atoms with Gasteiger partial charge in [-0.3, -0.25) is 0 Å². The fraction of sp³-hybridized carbons (Fsp3) is 0.538. The molecule has 1 saturated carbocycles. The van der Waals surface area contributed by atoms with Gasteiger partial charge >= 0.3 is 0 Å². The standard InChI is InChI=1S/C13H14F3O/c14-10-6-11(15)13(16)12(7-10)17-8-9-4-2-1-3-5-9/h6,9H,1-5,8H2. The van der Waals surface area contributed by atoms with Crippen LogP contribution in [0.25, 0.3) is 0 Å². The van der Waals surface area contributed by atoms with E-state index >= 15 is 0 Å². The molecule has 1 radical (unpaired) electrons. The van der Waals surface area contributed by atoms with Crippen LogP contribution in [0, 0.1) is 29.4 Å². The zero-order valence-electron chi connectivity index (χ0n) is 9.44. The summed E-state index contributed by atoms with van der Waals surface area (Å²) in [4.78, 5) is 0. The molecule has 17 heavy (non-hydrogen) atoms. The molecule has 0 saturated heterocycles. The third kappa shape index (κ3) is 3.14. The molecular formula is C13H14F3O. The number of hydrogen-bond donors (Lipinski definition) is 0. The van der Waals surface area contributed by atoms with Crippen LogP contribution in [-0.2, 0) is 0 Å². The summed E-state index contributed by atoms with van der Waals surface area (Å²) >= 11 is 0. The Bertz CT molecular complexity index is 386. The molecule has 1 aliphatic rings. The summed E-state index contributed by atoms with van der Waals surface area (Å²) < 4.78 is 44.1. The predicted molar refractivity (Wildman–Crippen MR) is 57.2 cm³/mol. The van der Waals surface area contributed by atoms with E-state index in [1.54, 1.807) is 0 Å². The second kappa shape index (κ2) is 5.43. The van der Waals surface area contributed by atoms with E-state index in [1.807, 2.05) is 0 Å². The van der Waals surface area contributed by atoms with Crippen LogP contribution in [0.4, 0.5) is 13.2 Å². The van der Waals surface area contributed by atoms with Gasteiger partial charge in [-0.15, -0.1) is 0 Å². The monoisotopic (exact) mass is 243 g/mol. The minimum Gasteiger partial charge on any atom is -0.489 e. The summed E-state index contributed by atoms with van der Waals surface area (Å²) in [5.41, 5.74) is 0. The van der Waals surface area contributed by atoms with Crippen LogP contribution >= 0.6 is 0 Å². The fourth-order valence-corrected chi connectivity index (χ4v) is 2.14. The van der Waals surface area contributed by atoms with Crippen LogP contribution in [0.1, 0.15) is 32.1 Å². The Morgan fingerprint density at radius 2 is 1.88 bits per heavy atom. The Balaban J connectivity index is 1.98. The van der Waals surface area contributed by atoms with E-state index in [0.717, 1.165) is 25.7 Å². The van der Waals surface area contributed by atoms with Crippen molar-refractivity contribution < 1.29 is 17.9 Å². The average Bonchev–Trinajstić information content (AvgIpc) is 2.33. The Kier molecular flexibility index (Phi) is 3.92. The second-order valence-corrected chi connectivity index (χ2v) is 4.42. The van der Waals surface area contributed by atoms with Gasteiger partial charge in [0.1, 0.15) is 5.82 Å². The van der Waals surface area contributed by atoms with E-state index in [1.165, 1.54) is 6.42 Å². The molecule has 1 aromatic carbocycles. The number of benzene rings is 1. The zero-order chi connectivity index (χ0) is 12.3. The van der Waals surface area contributed by atoms with Crippen LogP contribution in [0.2, 0.25) is 0 Å². The van der Waals surface area contributed by atoms with Crippen LogP contribution in [0.15, 0.2) is 6.07 Å². The van der Waals surface area contributed by atoms with Gasteiger partial charge in [-0.1, -0.05) is 19.3 Å². The number of ether oxygens (including phenoxy) is 1. The minimum atomic E-state index is -1.24. The number of rotatable bonds is 3. The molecule has 0 atom stereocenters. The maximum absolute atomic E-state index is 13.2. The second-order valence-electron chi connectivity index (χ2n) is 4.42. The van der Waals surface area contributed by atoms with Crippen molar-refractivity contribution in [1.82, 2.24) is 0 Å². The minimum absolute atomic E-state index is 0.302. The molecule has 1 fully saturated rings. The molecule has 1 aliphatic carbocycles. The van der Waals surface area contributed by atoms with Crippen molar-refractivity contribution in [2.75, 3.05) is 6.61 Å². The molecule has 93 valence electrons. The Morgan fingerprint density at radius 1 is 1.18 bits per heavy atom. The number of halogens is 3. The van der Waals surface area contributed by atoms with Gasteiger partial charge in [0.05, 0.1) is 12.7 Å². The highest BCUT2D eigenvalue weighted by Gasteiger charge is 2.17. The highest BCUT2D eigenvalue weighted by atomic mass is 19.2. The third-order valence-corrected chi connectivity index (χ3v) is 3.08. The van der Waals surface area contributed by atoms with Crippen LogP contribution < -0.4 is 4.74 Å². The molecule has 0 unspecified atom stereocenters. The quantitative estimate of drug-likeness (QED) is 0.732. The lowest BCUT2D eigenvalue weighted by Gasteiger charge is -2.21. The van der Waals surface area contributed by atoms with Gasteiger partial charge < -0.3 is 4.74 Å². The lowest BCUT2D eigenvalue weighted by Crippen LogP contribution is -2.16. The van der Waals surface area contributed by atoms with Crippen molar-refractivity contribution in [2.45, 2.75) is 32.1 Å². The smallest absolute Gasteiger partial charge is 0.201 e. The maximum Gasteiger partial charge on any atom is 0.201 e. The Hall–Kier alpha value is -1.19. The van der Waals surface area contributed by atoms with Crippen molar-refractivity contribution in [3.05, 3.63) is 29.6 Å². The van der Waals surface area contributed by atoms with E-state index in [0.29, 0.717) is 18.6 Å². The van der Waals surface area contributed by atoms with Crippen molar-refractivity contribution in [2.24, 2.45) is 5.92 Å². The lowest BCUT2D eigenvalue weighted by atomic mass is 9.90. The third-order valence-electron chi connectivity index (χ3n) is 3.08. The molecule has 0 amide bonds. The van der Waals surface area contributed by atoms with Gasteiger partial charge in [0.25, 0.3) is 0 Å². The van der Waals surface area contributed by atoms with Gasteiger partial charge in [-0.05, 0) is 18.8 Å². The zero-order valence-corrected chi connectivity index (χ0v) is 9.44. The Morgan fingerprint density at radius 3 is 2.59 bits per heavy atom. The molecule has 0 spiro atoms. The summed E-state index contributed by atoms with van der Waals surface area (Å²) in [6, 6.07) is 2.51. The van der Waals surface area contributed by atoms with Crippen molar-refractivity contribution in [3.8, 4) is 5.75 Å². The highest BCUT2D eigenvalue weighted by molar-refractivity contribution is 5.24. The summed E-state index contributed by atoms with van der Waals surface area (Å²) in [5, 5.41) is 0. The van der Waals surface area contributed by atoms with Gasteiger partial charge in [0.2, 0.25) is 5.82 Å². The van der Waals surface area contributed by atoms with Gasteiger partial charge in [0, 0.05) is 6.07 Å². The van der Waals surface area contributed by atoms with E-state index in [2.05, 4.69) is 6.07 Å². The molecule has 0 N–H and O–H groups in total. The molecule has 0 bridgehead atoms. The van der Waals surface area contributed by atoms with Gasteiger partial charge in [0.15, 0.2) is 11.6 Å². The van der Waals surface area contributed by atoms with Gasteiger partial charge in [-0.2, -0.15) is 4.39 Å². The van der Waals surface area contributed by atoms with Gasteiger partial charge in [-0.25, -0.2) is 8.78 Å². The highest BCUT2D eigenvalue weighted by Crippen LogP contribution is 2.26. The van der Waals surface area contributed by atoms with Crippen LogP contribution in [-0.4, -0.2) is 6.61 Å². The Labute approximate surface area is 98.6 Å². The first kappa shape index (κ1) is 12.3. The predicted octanol–water partition coefficient (Wildman–Crippen LogP) is 3.86. The normalized spacial score (nSPS) is 17.1. The molecule has 4 heteroatoms. The van der Waals surface area contributed by atoms with E-state index < -0.39 is 23.2 Å². The van der Waals surface area contributed by atoms with E-state index in [4.69, 9.17) is 4.74 Å². The average molecular weight is 243 g/mol. The van der Waals surface area contributed by atoms with Crippen molar-refractivity contribution in [1.29, 1.82) is 0 Å². The number of hydrogen-bond acceptors (Lipinski definition) is 1. The van der Waals surface area contributed by atoms with Crippen LogP contribution in [0.3, 0.4) is 0 Å².